The summed E-state index contributed by atoms with van der Waals surface area (Å²) in [5.74, 6) is -0.290. The zero-order chi connectivity index (χ0) is 22.6. The fraction of sp³-hybridized carbons (Fsp3) is 0.250. The predicted molar refractivity (Wildman–Crippen MR) is 115 cm³/mol. The van der Waals surface area contributed by atoms with Gasteiger partial charge in [0.2, 0.25) is 5.91 Å². The van der Waals surface area contributed by atoms with Crippen molar-refractivity contribution in [2.75, 3.05) is 11.4 Å². The number of nitrogens with two attached hydrogens (primary N) is 1. The quantitative estimate of drug-likeness (QED) is 0.603. The standard InChI is InChI=1S/C24H24F3N3O/c1-16-8-11-21(14-17(16)2)30(23(31)22(28)18-6-4-3-5-7-18)13-12-20-10-9-19(15-29-20)24(25,26)27/h3-11,14-15,22H,12-13,28H2,1-2H3/t22-/m0/s1. The van der Waals surface area contributed by atoms with Gasteiger partial charge >= 0.3 is 6.18 Å². The Morgan fingerprint density at radius 2 is 1.74 bits per heavy atom. The minimum Gasteiger partial charge on any atom is -0.316 e. The first kappa shape index (κ1) is 22.5. The fourth-order valence-electron chi connectivity index (χ4n) is 3.20. The molecule has 0 saturated carbocycles. The zero-order valence-corrected chi connectivity index (χ0v) is 17.4. The van der Waals surface area contributed by atoms with Gasteiger partial charge in [0.25, 0.3) is 0 Å². The van der Waals surface area contributed by atoms with Gasteiger partial charge in [-0.05, 0) is 54.8 Å². The summed E-state index contributed by atoms with van der Waals surface area (Å²) in [6.45, 7) is 4.17. The number of benzene rings is 2. The second-order valence-electron chi connectivity index (χ2n) is 7.43. The van der Waals surface area contributed by atoms with Crippen LogP contribution in [0.15, 0.2) is 66.9 Å². The molecule has 0 aliphatic heterocycles. The van der Waals surface area contributed by atoms with E-state index in [9.17, 15) is 18.0 Å². The Balaban J connectivity index is 1.85. The number of aryl methyl sites for hydroxylation is 2. The van der Waals surface area contributed by atoms with Crippen LogP contribution in [0.5, 0.6) is 0 Å². The lowest BCUT2D eigenvalue weighted by Gasteiger charge is -2.27. The summed E-state index contributed by atoms with van der Waals surface area (Å²) in [4.78, 5) is 18.8. The molecule has 0 unspecified atom stereocenters. The van der Waals surface area contributed by atoms with Crippen molar-refractivity contribution in [2.45, 2.75) is 32.5 Å². The highest BCUT2D eigenvalue weighted by molar-refractivity contribution is 5.97. The van der Waals surface area contributed by atoms with Gasteiger partial charge < -0.3 is 10.6 Å². The van der Waals surface area contributed by atoms with Crippen LogP contribution in [0.2, 0.25) is 0 Å². The first-order chi connectivity index (χ1) is 14.7. The van der Waals surface area contributed by atoms with Gasteiger partial charge in [0.05, 0.1) is 5.56 Å². The fourth-order valence-corrected chi connectivity index (χ4v) is 3.20. The lowest BCUT2D eigenvalue weighted by atomic mass is 10.0. The number of rotatable bonds is 6. The molecule has 2 aromatic carbocycles. The van der Waals surface area contributed by atoms with Crippen LogP contribution >= 0.6 is 0 Å². The second kappa shape index (κ2) is 9.31. The van der Waals surface area contributed by atoms with Crippen molar-refractivity contribution in [3.8, 4) is 0 Å². The summed E-state index contributed by atoms with van der Waals surface area (Å²) in [6.07, 6.45) is -3.33. The van der Waals surface area contributed by atoms with E-state index in [0.29, 0.717) is 16.9 Å². The van der Waals surface area contributed by atoms with Crippen molar-refractivity contribution in [1.82, 2.24) is 4.98 Å². The Hall–Kier alpha value is -3.19. The topological polar surface area (TPSA) is 59.2 Å². The molecule has 0 radical (unpaired) electrons. The van der Waals surface area contributed by atoms with Crippen LogP contribution in [0.1, 0.15) is 34.0 Å². The molecule has 4 nitrogen and oxygen atoms in total. The van der Waals surface area contributed by atoms with Crippen molar-refractivity contribution >= 4 is 11.6 Å². The van der Waals surface area contributed by atoms with Gasteiger partial charge in [-0.1, -0.05) is 36.4 Å². The summed E-state index contributed by atoms with van der Waals surface area (Å²) >= 11 is 0. The highest BCUT2D eigenvalue weighted by atomic mass is 19.4. The maximum atomic E-state index is 13.3. The molecule has 1 aromatic heterocycles. The third-order valence-electron chi connectivity index (χ3n) is 5.24. The first-order valence-corrected chi connectivity index (χ1v) is 9.88. The lowest BCUT2D eigenvalue weighted by molar-refractivity contribution is -0.137. The molecule has 0 aliphatic rings. The Kier molecular flexibility index (Phi) is 6.75. The van der Waals surface area contributed by atoms with E-state index < -0.39 is 17.8 Å². The van der Waals surface area contributed by atoms with Gasteiger partial charge in [0, 0.05) is 30.5 Å². The van der Waals surface area contributed by atoms with Crippen LogP contribution in [-0.4, -0.2) is 17.4 Å². The Morgan fingerprint density at radius 1 is 1.03 bits per heavy atom. The number of hydrogen-bond donors (Lipinski definition) is 1. The van der Waals surface area contributed by atoms with E-state index >= 15 is 0 Å². The normalized spacial score (nSPS) is 12.5. The van der Waals surface area contributed by atoms with Crippen LogP contribution in [0, 0.1) is 13.8 Å². The summed E-state index contributed by atoms with van der Waals surface area (Å²) < 4.78 is 38.3. The molecule has 0 bridgehead atoms. The van der Waals surface area contributed by atoms with Crippen LogP contribution in [0.3, 0.4) is 0 Å². The molecule has 162 valence electrons. The van der Waals surface area contributed by atoms with Gasteiger partial charge in [0.1, 0.15) is 6.04 Å². The molecule has 1 atom stereocenters. The van der Waals surface area contributed by atoms with Crippen molar-refractivity contribution in [2.24, 2.45) is 5.73 Å². The molecular weight excluding hydrogens is 403 g/mol. The number of carbonyl (C=O) groups excluding carboxylic acids is 1. The smallest absolute Gasteiger partial charge is 0.316 e. The number of alkyl halides is 3. The summed E-state index contributed by atoms with van der Waals surface area (Å²) in [5, 5.41) is 0. The van der Waals surface area contributed by atoms with Crippen molar-refractivity contribution in [1.29, 1.82) is 0 Å². The van der Waals surface area contributed by atoms with Crippen molar-refractivity contribution < 1.29 is 18.0 Å². The summed E-state index contributed by atoms with van der Waals surface area (Å²) in [7, 11) is 0. The van der Waals surface area contributed by atoms with Crippen molar-refractivity contribution in [3.63, 3.8) is 0 Å². The molecule has 0 spiro atoms. The van der Waals surface area contributed by atoms with Gasteiger partial charge in [0.15, 0.2) is 0 Å². The first-order valence-electron chi connectivity index (χ1n) is 9.88. The maximum Gasteiger partial charge on any atom is 0.417 e. The van der Waals surface area contributed by atoms with Gasteiger partial charge in [-0.25, -0.2) is 0 Å². The average Bonchev–Trinajstić information content (AvgIpc) is 2.76. The third kappa shape index (κ3) is 5.49. The second-order valence-corrected chi connectivity index (χ2v) is 7.43. The van der Waals surface area contributed by atoms with E-state index in [1.54, 1.807) is 17.0 Å². The van der Waals surface area contributed by atoms with E-state index in [4.69, 9.17) is 5.73 Å². The largest absolute Gasteiger partial charge is 0.417 e. The number of carbonyl (C=O) groups is 1. The third-order valence-corrected chi connectivity index (χ3v) is 5.24. The van der Waals surface area contributed by atoms with E-state index in [1.165, 1.54) is 6.07 Å². The minimum absolute atomic E-state index is 0.236. The molecule has 7 heteroatoms. The lowest BCUT2D eigenvalue weighted by Crippen LogP contribution is -2.40. The Labute approximate surface area is 179 Å². The number of aromatic nitrogens is 1. The molecular formula is C24H24F3N3O. The monoisotopic (exact) mass is 427 g/mol. The molecule has 0 aliphatic carbocycles. The van der Waals surface area contributed by atoms with Crippen LogP contribution < -0.4 is 10.6 Å². The molecule has 3 aromatic rings. The highest BCUT2D eigenvalue weighted by Gasteiger charge is 2.30. The predicted octanol–water partition coefficient (Wildman–Crippen LogP) is 4.99. The minimum atomic E-state index is -4.44. The molecule has 0 saturated heterocycles. The van der Waals surface area contributed by atoms with E-state index in [2.05, 4.69) is 4.98 Å². The highest BCUT2D eigenvalue weighted by Crippen LogP contribution is 2.28. The van der Waals surface area contributed by atoms with Crippen LogP contribution in [0.4, 0.5) is 18.9 Å². The molecule has 31 heavy (non-hydrogen) atoms. The molecule has 0 fully saturated rings. The zero-order valence-electron chi connectivity index (χ0n) is 17.4. The SMILES string of the molecule is Cc1ccc(N(CCc2ccc(C(F)(F)F)cn2)C(=O)[C@@H](N)c2ccccc2)cc1C. The Bertz CT molecular complexity index is 1030. The van der Waals surface area contributed by atoms with Crippen LogP contribution in [0.25, 0.3) is 0 Å². The van der Waals surface area contributed by atoms with E-state index in [-0.39, 0.29) is 18.9 Å². The molecule has 1 amide bonds. The number of pyridine rings is 1. The number of amides is 1. The van der Waals surface area contributed by atoms with Gasteiger partial charge in [-0.3, -0.25) is 9.78 Å². The maximum absolute atomic E-state index is 13.3. The number of halogens is 3. The van der Waals surface area contributed by atoms with Gasteiger partial charge in [-0.2, -0.15) is 13.2 Å². The van der Waals surface area contributed by atoms with E-state index in [0.717, 1.165) is 23.4 Å². The number of hydrogen-bond acceptors (Lipinski definition) is 3. The number of nitrogens with zero attached hydrogens (tertiary/aromatic N) is 2. The van der Waals surface area contributed by atoms with E-state index in [1.807, 2.05) is 50.2 Å². The molecule has 1 heterocycles. The molecule has 2 N–H and O–H groups in total. The molecule has 3 rings (SSSR count). The van der Waals surface area contributed by atoms with Gasteiger partial charge in [-0.15, -0.1) is 0 Å². The van der Waals surface area contributed by atoms with Crippen molar-refractivity contribution in [3.05, 3.63) is 94.8 Å². The summed E-state index contributed by atoms with van der Waals surface area (Å²) in [5.41, 5.74) is 9.40. The summed E-state index contributed by atoms with van der Waals surface area (Å²) in [6, 6.07) is 16.2. The number of anilines is 1. The van der Waals surface area contributed by atoms with Crippen LogP contribution in [-0.2, 0) is 17.4 Å². The Morgan fingerprint density at radius 3 is 2.32 bits per heavy atom. The average molecular weight is 427 g/mol.